The molecule has 2 amide bonds. The van der Waals surface area contributed by atoms with Crippen LogP contribution in [0.25, 0.3) is 0 Å². The van der Waals surface area contributed by atoms with Crippen molar-refractivity contribution >= 4 is 11.8 Å². The lowest BCUT2D eigenvalue weighted by Gasteiger charge is -2.07. The highest BCUT2D eigenvalue weighted by Gasteiger charge is 2.07. The zero-order valence-corrected chi connectivity index (χ0v) is 16.1. The largest absolute Gasteiger partial charge is 0.480 e. The van der Waals surface area contributed by atoms with Crippen LogP contribution in [0.4, 0.5) is 0 Å². The van der Waals surface area contributed by atoms with Crippen molar-refractivity contribution in [3.63, 3.8) is 0 Å². The molecule has 3 rings (SSSR count). The van der Waals surface area contributed by atoms with E-state index in [4.69, 9.17) is 15.2 Å². The quantitative estimate of drug-likeness (QED) is 0.595. The smallest absolute Gasteiger partial charge is 0.252 e. The monoisotopic (exact) mass is 400 g/mol. The molecule has 0 saturated carbocycles. The summed E-state index contributed by atoms with van der Waals surface area (Å²) in [5.41, 5.74) is 6.09. The molecule has 3 aromatic rings. The third-order valence-corrected chi connectivity index (χ3v) is 4.01. The van der Waals surface area contributed by atoms with Crippen molar-refractivity contribution in [2.24, 2.45) is 5.73 Å². The molecule has 0 saturated heterocycles. The zero-order valence-electron chi connectivity index (χ0n) is 16.1. The number of hydrogen-bond donors (Lipinski definition) is 2. The highest BCUT2D eigenvalue weighted by atomic mass is 16.5. The third kappa shape index (κ3) is 5.88. The fourth-order valence-electron chi connectivity index (χ4n) is 2.55. The van der Waals surface area contributed by atoms with Crippen molar-refractivity contribution in [3.8, 4) is 29.1 Å². The van der Waals surface area contributed by atoms with E-state index in [1.54, 1.807) is 48.5 Å². The Kier molecular flexibility index (Phi) is 7.07. The molecular formula is C24H20N2O4. The molecular weight excluding hydrogens is 380 g/mol. The van der Waals surface area contributed by atoms with E-state index in [9.17, 15) is 9.59 Å². The molecule has 0 unspecified atom stereocenters. The van der Waals surface area contributed by atoms with Crippen LogP contribution < -0.4 is 20.5 Å². The van der Waals surface area contributed by atoms with Crippen LogP contribution in [0.3, 0.4) is 0 Å². The predicted molar refractivity (Wildman–Crippen MR) is 114 cm³/mol. The van der Waals surface area contributed by atoms with Gasteiger partial charge in [-0.15, -0.1) is 0 Å². The molecule has 0 aliphatic carbocycles. The number of hydrogen-bond acceptors (Lipinski definition) is 4. The van der Waals surface area contributed by atoms with Gasteiger partial charge in [0, 0.05) is 5.56 Å². The summed E-state index contributed by atoms with van der Waals surface area (Å²) in [6.07, 6.45) is 0. The van der Waals surface area contributed by atoms with Crippen LogP contribution in [0, 0.1) is 11.8 Å². The maximum Gasteiger partial charge on any atom is 0.252 e. The van der Waals surface area contributed by atoms with Crippen LogP contribution in [0.2, 0.25) is 0 Å². The van der Waals surface area contributed by atoms with E-state index in [0.717, 1.165) is 5.75 Å². The highest BCUT2D eigenvalue weighted by Crippen LogP contribution is 2.21. The van der Waals surface area contributed by atoms with Crippen LogP contribution in [-0.4, -0.2) is 25.0 Å². The maximum absolute atomic E-state index is 12.2. The van der Waals surface area contributed by atoms with Gasteiger partial charge >= 0.3 is 0 Å². The van der Waals surface area contributed by atoms with Crippen molar-refractivity contribution in [2.75, 3.05) is 13.2 Å². The number of amides is 2. The molecule has 0 spiro atoms. The van der Waals surface area contributed by atoms with Crippen LogP contribution in [0.15, 0.2) is 78.9 Å². The normalized spacial score (nSPS) is 9.73. The predicted octanol–water partition coefficient (Wildman–Crippen LogP) is 3.39. The van der Waals surface area contributed by atoms with Crippen molar-refractivity contribution in [1.29, 1.82) is 0 Å². The van der Waals surface area contributed by atoms with Gasteiger partial charge in [0.25, 0.3) is 11.8 Å². The second-order valence-corrected chi connectivity index (χ2v) is 6.12. The van der Waals surface area contributed by atoms with E-state index in [-0.39, 0.29) is 19.1 Å². The molecule has 30 heavy (non-hydrogen) atoms. The lowest BCUT2D eigenvalue weighted by molar-refractivity contribution is 0.0956. The molecule has 0 aliphatic heterocycles. The van der Waals surface area contributed by atoms with Gasteiger partial charge in [0.2, 0.25) is 0 Å². The fourth-order valence-corrected chi connectivity index (χ4v) is 2.55. The Morgan fingerprint density at radius 1 is 0.833 bits per heavy atom. The number of primary amides is 1. The van der Waals surface area contributed by atoms with Crippen LogP contribution >= 0.6 is 0 Å². The minimum atomic E-state index is -0.564. The Morgan fingerprint density at radius 2 is 1.50 bits per heavy atom. The molecule has 0 aliphatic rings. The number of carbonyl (C=O) groups is 2. The summed E-state index contributed by atoms with van der Waals surface area (Å²) in [4.78, 5) is 23.5. The summed E-state index contributed by atoms with van der Waals surface area (Å²) in [5.74, 6) is 6.53. The molecule has 0 atom stereocenters. The average Bonchev–Trinajstić information content (AvgIpc) is 2.77. The Morgan fingerprint density at radius 3 is 2.23 bits per heavy atom. The first kappa shape index (κ1) is 20.5. The van der Waals surface area contributed by atoms with E-state index < -0.39 is 5.91 Å². The SMILES string of the molecule is NC(=O)c1ccccc1OCC#CCNC(=O)c1ccc(Oc2ccccc2)cc1. The van der Waals surface area contributed by atoms with Crippen molar-refractivity contribution in [1.82, 2.24) is 5.32 Å². The summed E-state index contributed by atoms with van der Waals surface area (Å²) < 4.78 is 11.2. The Balaban J connectivity index is 1.45. The van der Waals surface area contributed by atoms with E-state index >= 15 is 0 Å². The first-order valence-electron chi connectivity index (χ1n) is 9.22. The van der Waals surface area contributed by atoms with Gasteiger partial charge in [0.05, 0.1) is 12.1 Å². The van der Waals surface area contributed by atoms with E-state index in [2.05, 4.69) is 17.2 Å². The minimum Gasteiger partial charge on any atom is -0.480 e. The zero-order chi connectivity index (χ0) is 21.2. The standard InChI is InChI=1S/C24H20N2O4/c25-23(27)21-10-4-5-11-22(21)29-17-7-6-16-26-24(28)18-12-14-20(15-13-18)30-19-8-2-1-3-9-19/h1-5,8-15H,16-17H2,(H2,25,27)(H,26,28). The number of nitrogens with two attached hydrogens (primary N) is 1. The van der Waals surface area contributed by atoms with Gasteiger partial charge in [-0.1, -0.05) is 42.2 Å². The number of ether oxygens (including phenoxy) is 2. The molecule has 3 N–H and O–H groups in total. The average molecular weight is 400 g/mol. The van der Waals surface area contributed by atoms with Crippen LogP contribution in [-0.2, 0) is 0 Å². The molecule has 0 aromatic heterocycles. The second kappa shape index (κ2) is 10.3. The number of benzene rings is 3. The molecule has 3 aromatic carbocycles. The summed E-state index contributed by atoms with van der Waals surface area (Å²) in [7, 11) is 0. The van der Waals surface area contributed by atoms with Gasteiger partial charge in [-0.25, -0.2) is 0 Å². The van der Waals surface area contributed by atoms with E-state index in [1.165, 1.54) is 0 Å². The summed E-state index contributed by atoms with van der Waals surface area (Å²) >= 11 is 0. The molecule has 0 bridgehead atoms. The summed E-state index contributed by atoms with van der Waals surface area (Å²) in [6, 6.07) is 22.9. The lowest BCUT2D eigenvalue weighted by Crippen LogP contribution is -2.23. The van der Waals surface area contributed by atoms with Gasteiger partial charge in [-0.2, -0.15) is 0 Å². The Labute approximate surface area is 174 Å². The number of para-hydroxylation sites is 2. The summed E-state index contributed by atoms with van der Waals surface area (Å²) in [6.45, 7) is 0.244. The molecule has 6 nitrogen and oxygen atoms in total. The molecule has 0 heterocycles. The fraction of sp³-hybridized carbons (Fsp3) is 0.0833. The highest BCUT2D eigenvalue weighted by molar-refractivity contribution is 5.95. The van der Waals surface area contributed by atoms with Gasteiger partial charge in [0.1, 0.15) is 23.9 Å². The minimum absolute atomic E-state index is 0.0751. The molecule has 0 fully saturated rings. The first-order chi connectivity index (χ1) is 14.6. The van der Waals surface area contributed by atoms with Gasteiger partial charge in [-0.05, 0) is 48.5 Å². The Hall–Kier alpha value is -4.24. The summed E-state index contributed by atoms with van der Waals surface area (Å²) in [5, 5.41) is 2.71. The van der Waals surface area contributed by atoms with Crippen LogP contribution in [0.1, 0.15) is 20.7 Å². The van der Waals surface area contributed by atoms with E-state index in [0.29, 0.717) is 22.6 Å². The van der Waals surface area contributed by atoms with Gasteiger partial charge in [0.15, 0.2) is 0 Å². The molecule has 6 heteroatoms. The van der Waals surface area contributed by atoms with Crippen LogP contribution in [0.5, 0.6) is 17.2 Å². The van der Waals surface area contributed by atoms with Gasteiger partial charge in [-0.3, -0.25) is 9.59 Å². The van der Waals surface area contributed by atoms with Crippen molar-refractivity contribution < 1.29 is 19.1 Å². The van der Waals surface area contributed by atoms with Crippen molar-refractivity contribution in [2.45, 2.75) is 0 Å². The number of nitrogens with one attached hydrogen (secondary N) is 1. The van der Waals surface area contributed by atoms with Crippen molar-refractivity contribution in [3.05, 3.63) is 90.0 Å². The maximum atomic E-state index is 12.2. The number of rotatable bonds is 7. The lowest BCUT2D eigenvalue weighted by atomic mass is 10.2. The van der Waals surface area contributed by atoms with E-state index in [1.807, 2.05) is 30.3 Å². The number of carbonyl (C=O) groups excluding carboxylic acids is 2. The Bertz CT molecular complexity index is 1070. The van der Waals surface area contributed by atoms with Gasteiger partial charge < -0.3 is 20.5 Å². The topological polar surface area (TPSA) is 90.7 Å². The second-order valence-electron chi connectivity index (χ2n) is 6.12. The first-order valence-corrected chi connectivity index (χ1v) is 9.22. The third-order valence-electron chi connectivity index (χ3n) is 4.01. The molecule has 0 radical (unpaired) electrons. The molecule has 150 valence electrons.